The van der Waals surface area contributed by atoms with Crippen LogP contribution in [0.25, 0.3) is 21.6 Å². The number of amides is 5. The van der Waals surface area contributed by atoms with Gasteiger partial charge in [0.25, 0.3) is 5.91 Å². The minimum atomic E-state index is -1.02. The minimum absolute atomic E-state index is 0.00940. The van der Waals surface area contributed by atoms with Crippen molar-refractivity contribution in [3.8, 4) is 21.6 Å². The van der Waals surface area contributed by atoms with Gasteiger partial charge in [-0.1, -0.05) is 74.8 Å². The zero-order valence-corrected chi connectivity index (χ0v) is 42.7. The fourth-order valence-electron chi connectivity index (χ4n) is 9.28. The third-order valence-electron chi connectivity index (χ3n) is 12.9. The molecule has 1 aromatic heterocycles. The fraction of sp³-hybridized carbons (Fsp3) is 0.407. The molecule has 2 aliphatic rings. The lowest BCUT2D eigenvalue weighted by molar-refractivity contribution is -0.149. The number of ether oxygens (including phenoxy) is 1. The molecule has 3 heterocycles. The van der Waals surface area contributed by atoms with E-state index in [0.29, 0.717) is 23.6 Å². The number of aryl methyl sites for hydroxylation is 1. The molecule has 1 fully saturated rings. The molecule has 70 heavy (non-hydrogen) atoms. The van der Waals surface area contributed by atoms with E-state index in [0.717, 1.165) is 49.8 Å². The van der Waals surface area contributed by atoms with E-state index in [1.54, 1.807) is 35.3 Å². The van der Waals surface area contributed by atoms with Gasteiger partial charge in [-0.25, -0.2) is 4.98 Å². The third-order valence-corrected chi connectivity index (χ3v) is 14.2. The molecule has 2 aliphatic heterocycles. The van der Waals surface area contributed by atoms with Gasteiger partial charge in [0.2, 0.25) is 23.6 Å². The number of thiazole rings is 1. The molecular formula is C54H64ClN7O7S. The molecule has 0 aliphatic carbocycles. The van der Waals surface area contributed by atoms with Gasteiger partial charge in [0.1, 0.15) is 18.7 Å². The number of aromatic nitrogens is 1. The highest BCUT2D eigenvalue weighted by molar-refractivity contribution is 7.13. The van der Waals surface area contributed by atoms with Gasteiger partial charge in [-0.2, -0.15) is 0 Å². The number of likely N-dealkylation sites (tertiary alicyclic amines) is 1. The van der Waals surface area contributed by atoms with Crippen molar-refractivity contribution < 1.29 is 33.8 Å². The first-order valence-corrected chi connectivity index (χ1v) is 25.0. The summed E-state index contributed by atoms with van der Waals surface area (Å²) in [6.45, 7) is 15.0. The maximum absolute atomic E-state index is 14.3. The first-order valence-electron chi connectivity index (χ1n) is 23.8. The van der Waals surface area contributed by atoms with Gasteiger partial charge in [-0.05, 0) is 116 Å². The molecular weight excluding hydrogens is 926 g/mol. The Hall–Kier alpha value is -6.13. The number of nitrogens with zero attached hydrogens (tertiary/aromatic N) is 4. The molecule has 0 saturated carbocycles. The summed E-state index contributed by atoms with van der Waals surface area (Å²) in [7, 11) is 0. The van der Waals surface area contributed by atoms with Crippen LogP contribution in [0.15, 0.2) is 96.5 Å². The van der Waals surface area contributed by atoms with E-state index >= 15 is 0 Å². The van der Waals surface area contributed by atoms with E-state index in [4.69, 9.17) is 16.3 Å². The predicted molar refractivity (Wildman–Crippen MR) is 276 cm³/mol. The smallest absolute Gasteiger partial charge is 0.251 e. The molecule has 1 saturated heterocycles. The monoisotopic (exact) mass is 989 g/mol. The number of aliphatic hydroxyl groups excluding tert-OH is 1. The first kappa shape index (κ1) is 51.7. The van der Waals surface area contributed by atoms with Crippen LogP contribution in [0.3, 0.4) is 0 Å². The van der Waals surface area contributed by atoms with Gasteiger partial charge < -0.3 is 40.5 Å². The molecule has 16 heteroatoms. The molecule has 14 nitrogen and oxygen atoms in total. The Morgan fingerprint density at radius 2 is 1.60 bits per heavy atom. The Labute approximate surface area is 419 Å². The van der Waals surface area contributed by atoms with Crippen LogP contribution in [0.1, 0.15) is 94.5 Å². The van der Waals surface area contributed by atoms with E-state index in [1.165, 1.54) is 4.90 Å². The molecule has 0 bridgehead atoms. The Morgan fingerprint density at radius 1 is 0.929 bits per heavy atom. The van der Waals surface area contributed by atoms with Crippen molar-refractivity contribution in [2.75, 3.05) is 36.5 Å². The number of benzene rings is 4. The zero-order chi connectivity index (χ0) is 50.4. The van der Waals surface area contributed by atoms with Crippen LogP contribution in [0.2, 0.25) is 5.02 Å². The zero-order valence-electron chi connectivity index (χ0n) is 41.1. The van der Waals surface area contributed by atoms with E-state index in [1.807, 2.05) is 132 Å². The molecule has 0 spiro atoms. The normalized spacial score (nSPS) is 18.3. The van der Waals surface area contributed by atoms with Crippen LogP contribution in [-0.2, 0) is 30.5 Å². The average molecular weight is 991 g/mol. The second-order valence-electron chi connectivity index (χ2n) is 19.6. The molecule has 0 radical (unpaired) electrons. The van der Waals surface area contributed by atoms with Crippen molar-refractivity contribution >= 4 is 63.8 Å². The molecule has 5 atom stereocenters. The molecule has 0 unspecified atom stereocenters. The van der Waals surface area contributed by atoms with Crippen LogP contribution in [-0.4, -0.2) is 106 Å². The largest absolute Gasteiger partial charge is 0.391 e. The van der Waals surface area contributed by atoms with Gasteiger partial charge in [-0.3, -0.25) is 24.0 Å². The fourth-order valence-corrected chi connectivity index (χ4v) is 10.2. The van der Waals surface area contributed by atoms with Gasteiger partial charge in [0, 0.05) is 67.0 Å². The van der Waals surface area contributed by atoms with Crippen LogP contribution >= 0.6 is 22.9 Å². The molecule has 4 N–H and O–H groups in total. The lowest BCUT2D eigenvalue weighted by Gasteiger charge is -2.39. The average Bonchev–Trinajstić information content (AvgIpc) is 3.94. The Kier molecular flexibility index (Phi) is 16.5. The number of fused-ring (bicyclic) bond motifs is 1. The van der Waals surface area contributed by atoms with E-state index in [9.17, 15) is 29.1 Å². The van der Waals surface area contributed by atoms with Crippen LogP contribution in [0.5, 0.6) is 0 Å². The van der Waals surface area contributed by atoms with Crippen molar-refractivity contribution in [3.63, 3.8) is 0 Å². The van der Waals surface area contributed by atoms with Crippen molar-refractivity contribution in [3.05, 3.63) is 124 Å². The maximum Gasteiger partial charge on any atom is 0.251 e. The molecule has 5 aromatic rings. The predicted octanol–water partition coefficient (Wildman–Crippen LogP) is 8.41. The van der Waals surface area contributed by atoms with Crippen molar-refractivity contribution in [1.82, 2.24) is 25.4 Å². The molecule has 4 aromatic carbocycles. The summed E-state index contributed by atoms with van der Waals surface area (Å²) >= 11 is 7.71. The first-order chi connectivity index (χ1) is 33.3. The molecule has 370 valence electrons. The summed E-state index contributed by atoms with van der Waals surface area (Å²) in [5.41, 5.74) is 9.07. The van der Waals surface area contributed by atoms with Crippen molar-refractivity contribution in [1.29, 1.82) is 0 Å². The number of halogens is 1. The summed E-state index contributed by atoms with van der Waals surface area (Å²) in [5.74, 6) is -1.59. The van der Waals surface area contributed by atoms with E-state index < -0.39 is 35.4 Å². The highest BCUT2D eigenvalue weighted by atomic mass is 35.5. The van der Waals surface area contributed by atoms with E-state index in [-0.39, 0.29) is 68.6 Å². The van der Waals surface area contributed by atoms with Gasteiger partial charge >= 0.3 is 0 Å². The number of anilines is 2. The Bertz CT molecular complexity index is 2670. The second kappa shape index (κ2) is 22.3. The topological polar surface area (TPSA) is 174 Å². The van der Waals surface area contributed by atoms with Crippen LogP contribution < -0.4 is 20.9 Å². The van der Waals surface area contributed by atoms with Gasteiger partial charge in [0.05, 0.1) is 34.8 Å². The lowest BCUT2D eigenvalue weighted by Crippen LogP contribution is -2.58. The highest BCUT2D eigenvalue weighted by Crippen LogP contribution is 2.41. The number of rotatable bonds is 16. The number of hydrogen-bond acceptors (Lipinski definition) is 10. The standard InChI is InChI=1S/C54H64ClN7O7S/c1-32(2)60(28-36-9-11-38(12-10-36)49-34(4)57-31-70-49)52(67)47-27-43(64)29-61(47)53(68)50(54(6,7)8)59-48(65)30-69-24-23-56-51(66)39-15-13-37(14-16-39)40-17-22-46-44(26-40)45(25-33(3)62(46)35(5)63)58-42-20-18-41(55)19-21-42/h9-22,26,31-33,43,45,47,50,58,64H,23-25,27-30H2,1-8H3,(H,56,66)(H,59,65)/t33-,43+,45+,47-,50+/m0/s1. The highest BCUT2D eigenvalue weighted by Gasteiger charge is 2.46. The van der Waals surface area contributed by atoms with Crippen LogP contribution in [0.4, 0.5) is 11.4 Å². The summed E-state index contributed by atoms with van der Waals surface area (Å²) in [5, 5.41) is 20.8. The summed E-state index contributed by atoms with van der Waals surface area (Å²) in [6, 6.07) is 26.7. The number of carbonyl (C=O) groups is 5. The van der Waals surface area contributed by atoms with Crippen molar-refractivity contribution in [2.45, 2.75) is 111 Å². The van der Waals surface area contributed by atoms with E-state index in [2.05, 4.69) is 27.0 Å². The number of aliphatic hydroxyl groups is 1. The third kappa shape index (κ3) is 12.2. The molecule has 5 amide bonds. The summed E-state index contributed by atoms with van der Waals surface area (Å²) in [4.78, 5) is 78.2. The summed E-state index contributed by atoms with van der Waals surface area (Å²) in [6.07, 6.45) is -0.108. The van der Waals surface area contributed by atoms with Gasteiger partial charge in [0.15, 0.2) is 0 Å². The molecule has 7 rings (SSSR count). The quantitative estimate of drug-likeness (QED) is 0.0709. The maximum atomic E-state index is 14.3. The Morgan fingerprint density at radius 3 is 2.23 bits per heavy atom. The lowest BCUT2D eigenvalue weighted by atomic mass is 9.85. The summed E-state index contributed by atoms with van der Waals surface area (Å²) < 4.78 is 5.64. The van der Waals surface area contributed by atoms with Gasteiger partial charge in [-0.15, -0.1) is 11.3 Å². The number of hydrogen-bond donors (Lipinski definition) is 4. The van der Waals surface area contributed by atoms with Crippen LogP contribution in [0, 0.1) is 12.3 Å². The number of nitrogens with one attached hydrogen (secondary N) is 3. The van der Waals surface area contributed by atoms with Crippen molar-refractivity contribution in [2.24, 2.45) is 5.41 Å². The SMILES string of the molecule is CC(=O)N1c2ccc(-c3ccc(C(=O)NCCOCC(=O)N[C@H](C(=O)N4C[C@H](O)C[C@H]4C(=O)N(Cc4ccc(-c5scnc5C)cc4)C(C)C)C(C)(C)C)cc3)cc2[C@H](Nc2ccc(Cl)cc2)C[C@@H]1C. The minimum Gasteiger partial charge on any atom is -0.391 e. The Balaban J connectivity index is 0.913. The second-order valence-corrected chi connectivity index (χ2v) is 20.9. The number of β-amino-alcohol motifs (C(OH)–C–C–N with tert-alkyl or cyclic N) is 1. The number of carbonyl (C=O) groups excluding carboxylic acids is 5.